The molecule has 0 aliphatic rings. The molecule has 1 amide bonds. The van der Waals surface area contributed by atoms with Crippen LogP contribution in [0.25, 0.3) is 0 Å². The van der Waals surface area contributed by atoms with Gasteiger partial charge in [0.15, 0.2) is 0 Å². The fourth-order valence-electron chi connectivity index (χ4n) is 0.576. The molecule has 0 aromatic rings. The summed E-state index contributed by atoms with van der Waals surface area (Å²) in [6.07, 6.45) is 1.23. The van der Waals surface area contributed by atoms with E-state index in [1.165, 1.54) is 6.92 Å². The van der Waals surface area contributed by atoms with Gasteiger partial charge >= 0.3 is 5.97 Å². The summed E-state index contributed by atoms with van der Waals surface area (Å²) >= 11 is 0. The Balaban J connectivity index is 3.50. The van der Waals surface area contributed by atoms with E-state index in [0.717, 1.165) is 0 Å². The summed E-state index contributed by atoms with van der Waals surface area (Å²) in [4.78, 5) is 20.5. The van der Waals surface area contributed by atoms with Crippen LogP contribution in [0.1, 0.15) is 19.8 Å². The van der Waals surface area contributed by atoms with Gasteiger partial charge in [0.2, 0.25) is 0 Å². The lowest BCUT2D eigenvalue weighted by Crippen LogP contribution is -2.05. The molecule has 0 bridgehead atoms. The van der Waals surface area contributed by atoms with E-state index >= 15 is 0 Å². The predicted molar refractivity (Wildman–Crippen MR) is 50.6 cm³/mol. The topological polar surface area (TPSA) is 69.4 Å². The summed E-state index contributed by atoms with van der Waals surface area (Å²) < 4.78 is 4.67. The van der Waals surface area contributed by atoms with Gasteiger partial charge in [0.1, 0.15) is 0 Å². The van der Waals surface area contributed by atoms with Crippen LogP contribution in [-0.4, -0.2) is 18.5 Å². The first-order chi connectivity index (χ1) is 6.63. The molecule has 0 atom stereocenters. The van der Waals surface area contributed by atoms with Gasteiger partial charge < -0.3 is 10.5 Å². The van der Waals surface area contributed by atoms with Gasteiger partial charge in [-0.25, -0.2) is 0 Å². The molecule has 0 radical (unpaired) electrons. The number of primary amides is 1. The summed E-state index contributed by atoms with van der Waals surface area (Å²) in [6, 6.07) is 0. The van der Waals surface area contributed by atoms with Crippen molar-refractivity contribution in [3.05, 3.63) is 0 Å². The Labute approximate surface area is 82.8 Å². The first kappa shape index (κ1) is 12.1. The van der Waals surface area contributed by atoms with Gasteiger partial charge in [-0.05, 0) is 18.3 Å². The van der Waals surface area contributed by atoms with Crippen LogP contribution >= 0.6 is 0 Å². The maximum atomic E-state index is 10.3. The standard InChI is InChI=1S/C10H11NO3/c1-9(12)14-8-6-4-2-3-5-7-10(11)13/h4,6,8H2,1H3,(H2,11,13). The summed E-state index contributed by atoms with van der Waals surface area (Å²) in [5.74, 6) is 8.53. The molecule has 2 N–H and O–H groups in total. The van der Waals surface area contributed by atoms with Crippen molar-refractivity contribution in [1.82, 2.24) is 0 Å². The van der Waals surface area contributed by atoms with Gasteiger partial charge in [0.05, 0.1) is 6.61 Å². The fourth-order valence-corrected chi connectivity index (χ4v) is 0.576. The van der Waals surface area contributed by atoms with E-state index in [1.54, 1.807) is 0 Å². The molecule has 4 nitrogen and oxygen atoms in total. The molecule has 0 heterocycles. The van der Waals surface area contributed by atoms with Gasteiger partial charge in [0.25, 0.3) is 5.91 Å². The fraction of sp³-hybridized carbons (Fsp3) is 0.400. The van der Waals surface area contributed by atoms with E-state index in [0.29, 0.717) is 19.4 Å². The van der Waals surface area contributed by atoms with Crippen molar-refractivity contribution in [3.63, 3.8) is 0 Å². The first-order valence-electron chi connectivity index (χ1n) is 4.04. The molecule has 0 saturated carbocycles. The normalized spacial score (nSPS) is 7.50. The second-order valence-corrected chi connectivity index (χ2v) is 2.36. The van der Waals surface area contributed by atoms with Crippen molar-refractivity contribution in [3.8, 4) is 23.7 Å². The summed E-state index contributed by atoms with van der Waals surface area (Å²) in [5, 5.41) is 0. The number of hydrogen-bond donors (Lipinski definition) is 1. The Morgan fingerprint density at radius 2 is 2.07 bits per heavy atom. The molecule has 4 heteroatoms. The van der Waals surface area contributed by atoms with Gasteiger partial charge in [-0.2, -0.15) is 0 Å². The lowest BCUT2D eigenvalue weighted by molar-refractivity contribution is -0.141. The summed E-state index contributed by atoms with van der Waals surface area (Å²) in [5.41, 5.74) is 4.75. The number of esters is 1. The van der Waals surface area contributed by atoms with Gasteiger partial charge in [-0.1, -0.05) is 5.92 Å². The minimum Gasteiger partial charge on any atom is -0.466 e. The highest BCUT2D eigenvalue weighted by molar-refractivity contribution is 5.92. The minimum atomic E-state index is -0.695. The molecular weight excluding hydrogens is 182 g/mol. The molecule has 0 spiro atoms. The second kappa shape index (κ2) is 7.70. The zero-order chi connectivity index (χ0) is 10.8. The van der Waals surface area contributed by atoms with Crippen LogP contribution in [0.15, 0.2) is 0 Å². The molecule has 0 unspecified atom stereocenters. The highest BCUT2D eigenvalue weighted by Gasteiger charge is 1.89. The maximum Gasteiger partial charge on any atom is 0.302 e. The Hall–Kier alpha value is -1.94. The van der Waals surface area contributed by atoms with Crippen LogP contribution < -0.4 is 5.73 Å². The Bertz CT molecular complexity index is 325. The van der Waals surface area contributed by atoms with E-state index in [2.05, 4.69) is 28.4 Å². The first-order valence-corrected chi connectivity index (χ1v) is 4.04. The van der Waals surface area contributed by atoms with Gasteiger partial charge in [-0.15, -0.1) is 0 Å². The number of nitrogens with two attached hydrogens (primary N) is 1. The van der Waals surface area contributed by atoms with Crippen LogP contribution in [0.5, 0.6) is 0 Å². The molecule has 0 aromatic heterocycles. The Morgan fingerprint density at radius 1 is 1.36 bits per heavy atom. The zero-order valence-corrected chi connectivity index (χ0v) is 7.92. The number of amides is 1. The molecule has 0 aliphatic carbocycles. The molecule has 0 saturated heterocycles. The highest BCUT2D eigenvalue weighted by atomic mass is 16.5. The molecule has 14 heavy (non-hydrogen) atoms. The lowest BCUT2D eigenvalue weighted by atomic mass is 10.3. The van der Waals surface area contributed by atoms with Crippen molar-refractivity contribution in [2.24, 2.45) is 5.73 Å². The van der Waals surface area contributed by atoms with E-state index in [1.807, 2.05) is 0 Å². The molecule has 0 rings (SSSR count). The van der Waals surface area contributed by atoms with Crippen molar-refractivity contribution < 1.29 is 14.3 Å². The molecule has 0 aromatic carbocycles. The van der Waals surface area contributed by atoms with Crippen LogP contribution in [0.2, 0.25) is 0 Å². The maximum absolute atomic E-state index is 10.3. The number of hydrogen-bond acceptors (Lipinski definition) is 3. The van der Waals surface area contributed by atoms with E-state index in [9.17, 15) is 9.59 Å². The monoisotopic (exact) mass is 193 g/mol. The number of carbonyl (C=O) groups excluding carboxylic acids is 2. The average Bonchev–Trinajstić information content (AvgIpc) is 2.08. The summed E-state index contributed by atoms with van der Waals surface area (Å²) in [6.45, 7) is 1.71. The van der Waals surface area contributed by atoms with Crippen molar-refractivity contribution in [2.45, 2.75) is 19.8 Å². The Kier molecular flexibility index (Phi) is 6.63. The van der Waals surface area contributed by atoms with Gasteiger partial charge in [0, 0.05) is 19.3 Å². The number of unbranched alkanes of at least 4 members (excludes halogenated alkanes) is 1. The van der Waals surface area contributed by atoms with Crippen molar-refractivity contribution >= 4 is 11.9 Å². The van der Waals surface area contributed by atoms with Crippen LogP contribution in [0.4, 0.5) is 0 Å². The van der Waals surface area contributed by atoms with Gasteiger partial charge in [-0.3, -0.25) is 9.59 Å². The second-order valence-electron chi connectivity index (χ2n) is 2.36. The smallest absolute Gasteiger partial charge is 0.302 e. The molecule has 74 valence electrons. The number of rotatable bonds is 3. The number of ether oxygens (including phenoxy) is 1. The quantitative estimate of drug-likeness (QED) is 0.384. The van der Waals surface area contributed by atoms with Crippen molar-refractivity contribution in [1.29, 1.82) is 0 Å². The third kappa shape index (κ3) is 10.1. The van der Waals surface area contributed by atoms with Crippen LogP contribution in [-0.2, 0) is 14.3 Å². The molecule has 0 fully saturated rings. The van der Waals surface area contributed by atoms with E-state index in [-0.39, 0.29) is 5.97 Å². The zero-order valence-electron chi connectivity index (χ0n) is 7.92. The third-order valence-electron chi connectivity index (χ3n) is 1.09. The number of carbonyl (C=O) groups is 2. The summed E-state index contributed by atoms with van der Waals surface area (Å²) in [7, 11) is 0. The van der Waals surface area contributed by atoms with E-state index < -0.39 is 5.91 Å². The largest absolute Gasteiger partial charge is 0.466 e. The predicted octanol–water partition coefficient (Wildman–Crippen LogP) is -0.178. The highest BCUT2D eigenvalue weighted by Crippen LogP contribution is 1.87. The van der Waals surface area contributed by atoms with Crippen LogP contribution in [0.3, 0.4) is 0 Å². The van der Waals surface area contributed by atoms with Crippen LogP contribution in [0, 0.1) is 23.7 Å². The van der Waals surface area contributed by atoms with E-state index in [4.69, 9.17) is 5.73 Å². The SMILES string of the molecule is CC(=O)OCCCC#CC#CC(N)=O. The molecular formula is C10H11NO3. The Morgan fingerprint density at radius 3 is 2.64 bits per heavy atom. The minimum absolute atomic E-state index is 0.300. The molecule has 0 aliphatic heterocycles. The average molecular weight is 193 g/mol. The van der Waals surface area contributed by atoms with Crippen molar-refractivity contribution in [2.75, 3.05) is 6.61 Å². The lowest BCUT2D eigenvalue weighted by Gasteiger charge is -1.96. The third-order valence-corrected chi connectivity index (χ3v) is 1.09.